The molecule has 1 fully saturated rings. The van der Waals surface area contributed by atoms with Crippen LogP contribution in [0.15, 0.2) is 47.3 Å². The Hall–Kier alpha value is -3.52. The number of aromatic amines is 1. The molecular weight excluding hydrogens is 408 g/mol. The van der Waals surface area contributed by atoms with E-state index in [1.54, 1.807) is 17.4 Å². The second-order valence-corrected chi connectivity index (χ2v) is 8.03. The standard InChI is InChI=1S/C23H22N4O4.CH4/c1-13-10-18-17(11-16(13)23(29)30)24-22(28)21-26-25-20(27(18)21)15-8-5-9-19(15)31-12-14-6-3-2-4-7-14;/h2-4,6-7,10-11,15,19H,5,8-9,12H2,1H3,(H,24,28)(H,29,30);1H4/t15-,19+;/m1./s1. The van der Waals surface area contributed by atoms with E-state index in [9.17, 15) is 14.7 Å². The molecule has 8 heteroatoms. The molecule has 1 aliphatic carbocycles. The molecule has 2 aromatic carbocycles. The highest BCUT2D eigenvalue weighted by Gasteiger charge is 2.34. The maximum atomic E-state index is 12.6. The van der Waals surface area contributed by atoms with E-state index in [4.69, 9.17) is 4.74 Å². The molecule has 0 bridgehead atoms. The number of nitrogens with zero attached hydrogens (tertiary/aromatic N) is 3. The monoisotopic (exact) mass is 434 g/mol. The van der Waals surface area contributed by atoms with E-state index in [2.05, 4.69) is 15.2 Å². The number of aromatic nitrogens is 4. The zero-order valence-electron chi connectivity index (χ0n) is 17.0. The van der Waals surface area contributed by atoms with Gasteiger partial charge in [-0.1, -0.05) is 44.2 Å². The Morgan fingerprint density at radius 3 is 2.75 bits per heavy atom. The minimum absolute atomic E-state index is 0. The fourth-order valence-electron chi connectivity index (χ4n) is 4.51. The van der Waals surface area contributed by atoms with Gasteiger partial charge in [-0.25, -0.2) is 4.79 Å². The number of carboxylic acid groups (broad SMARTS) is 1. The Bertz CT molecular complexity index is 1340. The molecule has 2 N–H and O–H groups in total. The SMILES string of the molecule is C.Cc1cc2c(cc1C(=O)O)[nH]c(=O)c1nnc([C@@H]3CCC[C@@H]3OCc3ccccc3)n12. The molecule has 2 aromatic heterocycles. The zero-order chi connectivity index (χ0) is 21.5. The van der Waals surface area contributed by atoms with Crippen molar-refractivity contribution in [1.82, 2.24) is 19.6 Å². The van der Waals surface area contributed by atoms with Crippen LogP contribution in [0, 0.1) is 6.92 Å². The Morgan fingerprint density at radius 2 is 2.00 bits per heavy atom. The molecular formula is C24H26N4O4. The van der Waals surface area contributed by atoms with Gasteiger partial charge in [-0.05, 0) is 43.0 Å². The fraction of sp³-hybridized carbons (Fsp3) is 0.333. The number of fused-ring (bicyclic) bond motifs is 3. The van der Waals surface area contributed by atoms with Gasteiger partial charge in [-0.3, -0.25) is 9.20 Å². The lowest BCUT2D eigenvalue weighted by Crippen LogP contribution is -2.20. The molecule has 2 heterocycles. The molecule has 4 aromatic rings. The molecule has 8 nitrogen and oxygen atoms in total. The average molecular weight is 434 g/mol. The number of rotatable bonds is 5. The predicted molar refractivity (Wildman–Crippen MR) is 121 cm³/mol. The number of nitrogens with one attached hydrogen (secondary N) is 1. The molecule has 0 radical (unpaired) electrons. The van der Waals surface area contributed by atoms with E-state index in [0.29, 0.717) is 29.0 Å². The summed E-state index contributed by atoms with van der Waals surface area (Å²) in [5.74, 6) is -0.346. The topological polar surface area (TPSA) is 110 Å². The highest BCUT2D eigenvalue weighted by atomic mass is 16.5. The van der Waals surface area contributed by atoms with Crippen LogP contribution in [0.2, 0.25) is 0 Å². The maximum absolute atomic E-state index is 12.6. The first-order valence-corrected chi connectivity index (χ1v) is 10.3. The van der Waals surface area contributed by atoms with Crippen molar-refractivity contribution in [3.63, 3.8) is 0 Å². The molecule has 0 saturated heterocycles. The summed E-state index contributed by atoms with van der Waals surface area (Å²) in [6.45, 7) is 2.26. The van der Waals surface area contributed by atoms with E-state index in [-0.39, 0.29) is 30.7 Å². The van der Waals surface area contributed by atoms with Gasteiger partial charge in [-0.15, -0.1) is 10.2 Å². The summed E-state index contributed by atoms with van der Waals surface area (Å²) in [4.78, 5) is 26.9. The molecule has 32 heavy (non-hydrogen) atoms. The van der Waals surface area contributed by atoms with E-state index < -0.39 is 11.5 Å². The number of carbonyl (C=O) groups is 1. The number of aromatic carboxylic acids is 1. The number of carboxylic acids is 1. The Labute approximate surface area is 184 Å². The van der Waals surface area contributed by atoms with E-state index in [1.807, 2.05) is 30.3 Å². The van der Waals surface area contributed by atoms with Crippen LogP contribution in [0.5, 0.6) is 0 Å². The van der Waals surface area contributed by atoms with Gasteiger partial charge in [0.25, 0.3) is 5.56 Å². The quantitative estimate of drug-likeness (QED) is 0.490. The van der Waals surface area contributed by atoms with Crippen LogP contribution >= 0.6 is 0 Å². The second-order valence-electron chi connectivity index (χ2n) is 8.03. The van der Waals surface area contributed by atoms with Crippen LogP contribution in [0.25, 0.3) is 16.7 Å². The molecule has 0 spiro atoms. The van der Waals surface area contributed by atoms with Crippen LogP contribution in [-0.2, 0) is 11.3 Å². The van der Waals surface area contributed by atoms with Gasteiger partial charge < -0.3 is 14.8 Å². The minimum Gasteiger partial charge on any atom is -0.478 e. The summed E-state index contributed by atoms with van der Waals surface area (Å²) in [6.07, 6.45) is 2.78. The van der Waals surface area contributed by atoms with Crippen molar-refractivity contribution in [2.75, 3.05) is 0 Å². The summed E-state index contributed by atoms with van der Waals surface area (Å²) in [7, 11) is 0. The lowest BCUT2D eigenvalue weighted by molar-refractivity contribution is 0.0326. The second kappa shape index (κ2) is 8.55. The Kier molecular flexibility index (Phi) is 5.80. The van der Waals surface area contributed by atoms with Crippen molar-refractivity contribution in [2.24, 2.45) is 0 Å². The van der Waals surface area contributed by atoms with Gasteiger partial charge in [0.2, 0.25) is 5.65 Å². The first-order chi connectivity index (χ1) is 15.0. The van der Waals surface area contributed by atoms with Gasteiger partial charge in [0.15, 0.2) is 0 Å². The third kappa shape index (κ3) is 3.67. The number of hydrogen-bond donors (Lipinski definition) is 2. The maximum Gasteiger partial charge on any atom is 0.336 e. The normalized spacial score (nSPS) is 18.2. The summed E-state index contributed by atoms with van der Waals surface area (Å²) in [5.41, 5.74) is 2.81. The first kappa shape index (κ1) is 21.7. The van der Waals surface area contributed by atoms with Crippen molar-refractivity contribution >= 4 is 22.6 Å². The summed E-state index contributed by atoms with van der Waals surface area (Å²) >= 11 is 0. The molecule has 2 atom stereocenters. The van der Waals surface area contributed by atoms with Crippen LogP contribution in [0.3, 0.4) is 0 Å². The van der Waals surface area contributed by atoms with Crippen molar-refractivity contribution in [3.8, 4) is 0 Å². The number of ether oxygens (including phenoxy) is 1. The molecule has 5 rings (SSSR count). The van der Waals surface area contributed by atoms with Gasteiger partial charge in [0.05, 0.1) is 29.3 Å². The van der Waals surface area contributed by atoms with Crippen LogP contribution in [0.1, 0.15) is 59.9 Å². The number of benzene rings is 2. The minimum atomic E-state index is -1.03. The van der Waals surface area contributed by atoms with Crippen LogP contribution in [-0.4, -0.2) is 36.8 Å². The van der Waals surface area contributed by atoms with Crippen LogP contribution in [0.4, 0.5) is 0 Å². The summed E-state index contributed by atoms with van der Waals surface area (Å²) in [5, 5.41) is 18.0. The average Bonchev–Trinajstić information content (AvgIpc) is 3.40. The Balaban J connectivity index is 0.00000245. The zero-order valence-corrected chi connectivity index (χ0v) is 17.0. The predicted octanol–water partition coefficient (Wildman–Crippen LogP) is 4.07. The third-order valence-electron chi connectivity index (χ3n) is 6.04. The summed E-state index contributed by atoms with van der Waals surface area (Å²) in [6, 6.07) is 13.3. The van der Waals surface area contributed by atoms with Crippen molar-refractivity contribution < 1.29 is 14.6 Å². The third-order valence-corrected chi connectivity index (χ3v) is 6.04. The molecule has 166 valence electrons. The molecule has 1 saturated carbocycles. The summed E-state index contributed by atoms with van der Waals surface area (Å²) < 4.78 is 8.01. The van der Waals surface area contributed by atoms with Gasteiger partial charge in [0.1, 0.15) is 5.82 Å². The van der Waals surface area contributed by atoms with E-state index in [0.717, 1.165) is 24.8 Å². The van der Waals surface area contributed by atoms with Crippen molar-refractivity contribution in [1.29, 1.82) is 0 Å². The number of H-pyrrole nitrogens is 1. The highest BCUT2D eigenvalue weighted by molar-refractivity contribution is 5.94. The smallest absolute Gasteiger partial charge is 0.336 e. The van der Waals surface area contributed by atoms with Crippen molar-refractivity contribution in [2.45, 2.75) is 52.2 Å². The van der Waals surface area contributed by atoms with E-state index in [1.165, 1.54) is 6.07 Å². The largest absolute Gasteiger partial charge is 0.478 e. The highest BCUT2D eigenvalue weighted by Crippen LogP contribution is 2.37. The van der Waals surface area contributed by atoms with Crippen molar-refractivity contribution in [3.05, 3.63) is 75.3 Å². The molecule has 0 aliphatic heterocycles. The molecule has 0 amide bonds. The number of aryl methyl sites for hydroxylation is 1. The fourth-order valence-corrected chi connectivity index (χ4v) is 4.51. The van der Waals surface area contributed by atoms with Gasteiger partial charge in [-0.2, -0.15) is 0 Å². The molecule has 0 unspecified atom stereocenters. The van der Waals surface area contributed by atoms with E-state index >= 15 is 0 Å². The van der Waals surface area contributed by atoms with Gasteiger partial charge in [0, 0.05) is 5.92 Å². The lowest BCUT2D eigenvalue weighted by atomic mass is 10.0. The number of hydrogen-bond acceptors (Lipinski definition) is 5. The molecule has 1 aliphatic rings. The Morgan fingerprint density at radius 1 is 1.22 bits per heavy atom. The lowest BCUT2D eigenvalue weighted by Gasteiger charge is -2.19. The van der Waals surface area contributed by atoms with Gasteiger partial charge >= 0.3 is 5.97 Å². The van der Waals surface area contributed by atoms with Crippen LogP contribution < -0.4 is 5.56 Å². The first-order valence-electron chi connectivity index (χ1n) is 10.3.